The lowest BCUT2D eigenvalue weighted by Gasteiger charge is -2.47. The summed E-state index contributed by atoms with van der Waals surface area (Å²) in [5.74, 6) is -0.385. The normalized spacial score (nSPS) is 24.1. The molecule has 2 fully saturated rings. The molecule has 2 aliphatic rings. The SMILES string of the molecule is C[C@@H](NC1CCC2(CC1)OCC(C)(C)CO2)c1ccc([N+](=O)[O-])cc1. The van der Waals surface area contributed by atoms with E-state index in [1.54, 1.807) is 12.1 Å². The first-order valence-corrected chi connectivity index (χ1v) is 9.07. The standard InChI is InChI=1S/C19H28N2O4/c1-14(15-4-6-17(7-5-15)21(22)23)20-16-8-10-19(11-9-16)24-12-18(2,3)13-25-19/h4-7,14,16,20H,8-13H2,1-3H3/t14-/m1/s1. The topological polar surface area (TPSA) is 73.6 Å². The van der Waals surface area contributed by atoms with Crippen LogP contribution in [-0.2, 0) is 9.47 Å². The van der Waals surface area contributed by atoms with Crippen LogP contribution in [0.2, 0.25) is 0 Å². The molecule has 3 rings (SSSR count). The number of benzene rings is 1. The fourth-order valence-corrected chi connectivity index (χ4v) is 3.58. The third-order valence-corrected chi connectivity index (χ3v) is 5.29. The number of hydrogen-bond acceptors (Lipinski definition) is 5. The molecule has 6 nitrogen and oxygen atoms in total. The van der Waals surface area contributed by atoms with Crippen LogP contribution in [-0.4, -0.2) is 30.0 Å². The fraction of sp³-hybridized carbons (Fsp3) is 0.684. The smallest absolute Gasteiger partial charge is 0.269 e. The summed E-state index contributed by atoms with van der Waals surface area (Å²) in [5, 5.41) is 14.4. The third kappa shape index (κ3) is 4.37. The monoisotopic (exact) mass is 348 g/mol. The second-order valence-corrected chi connectivity index (χ2v) is 8.16. The molecule has 1 saturated carbocycles. The Labute approximate surface area is 149 Å². The number of rotatable bonds is 4. The van der Waals surface area contributed by atoms with Gasteiger partial charge < -0.3 is 14.8 Å². The van der Waals surface area contributed by atoms with Crippen molar-refractivity contribution >= 4 is 5.69 Å². The Bertz CT molecular complexity index is 594. The van der Waals surface area contributed by atoms with Gasteiger partial charge >= 0.3 is 0 Å². The minimum Gasteiger partial charge on any atom is -0.349 e. The van der Waals surface area contributed by atoms with Crippen molar-refractivity contribution in [3.8, 4) is 0 Å². The van der Waals surface area contributed by atoms with Crippen LogP contribution in [0.4, 0.5) is 5.69 Å². The fourth-order valence-electron chi connectivity index (χ4n) is 3.58. The zero-order valence-electron chi connectivity index (χ0n) is 15.3. The number of nitrogens with zero attached hydrogens (tertiary/aromatic N) is 1. The van der Waals surface area contributed by atoms with Gasteiger partial charge in [0.25, 0.3) is 5.69 Å². The lowest BCUT2D eigenvalue weighted by molar-refractivity contribution is -0.384. The van der Waals surface area contributed by atoms with Crippen LogP contribution in [0, 0.1) is 15.5 Å². The van der Waals surface area contributed by atoms with Gasteiger partial charge in [-0.3, -0.25) is 10.1 Å². The molecule has 0 radical (unpaired) electrons. The van der Waals surface area contributed by atoms with Gasteiger partial charge in [0, 0.05) is 42.5 Å². The van der Waals surface area contributed by atoms with Crippen molar-refractivity contribution in [3.05, 3.63) is 39.9 Å². The summed E-state index contributed by atoms with van der Waals surface area (Å²) in [6.45, 7) is 7.94. The van der Waals surface area contributed by atoms with E-state index in [-0.39, 0.29) is 27.9 Å². The van der Waals surface area contributed by atoms with Gasteiger partial charge in [0.1, 0.15) is 0 Å². The van der Waals surface area contributed by atoms with Gasteiger partial charge in [-0.05, 0) is 25.3 Å². The van der Waals surface area contributed by atoms with Gasteiger partial charge in [-0.15, -0.1) is 0 Å². The summed E-state index contributed by atoms with van der Waals surface area (Å²) in [7, 11) is 0. The van der Waals surface area contributed by atoms with Crippen LogP contribution in [0.15, 0.2) is 24.3 Å². The Balaban J connectivity index is 1.51. The zero-order chi connectivity index (χ0) is 18.1. The Morgan fingerprint density at radius 2 is 1.72 bits per heavy atom. The van der Waals surface area contributed by atoms with Crippen LogP contribution in [0.25, 0.3) is 0 Å². The van der Waals surface area contributed by atoms with Crippen molar-refractivity contribution in [1.29, 1.82) is 0 Å². The van der Waals surface area contributed by atoms with Crippen LogP contribution in [0.1, 0.15) is 58.1 Å². The van der Waals surface area contributed by atoms with Gasteiger partial charge in [0.15, 0.2) is 5.79 Å². The molecule has 1 heterocycles. The molecule has 1 aliphatic carbocycles. The number of nitrogens with one attached hydrogen (secondary N) is 1. The molecule has 1 saturated heterocycles. The second-order valence-electron chi connectivity index (χ2n) is 8.16. The van der Waals surface area contributed by atoms with Gasteiger partial charge in [0.05, 0.1) is 18.1 Å². The van der Waals surface area contributed by atoms with E-state index in [9.17, 15) is 10.1 Å². The van der Waals surface area contributed by atoms with Gasteiger partial charge in [-0.2, -0.15) is 0 Å². The number of nitro benzene ring substituents is 1. The largest absolute Gasteiger partial charge is 0.349 e. The predicted molar refractivity (Wildman–Crippen MR) is 95.3 cm³/mol. The first kappa shape index (κ1) is 18.3. The van der Waals surface area contributed by atoms with Crippen molar-refractivity contribution in [2.45, 2.75) is 64.3 Å². The summed E-state index contributed by atoms with van der Waals surface area (Å²) in [6, 6.07) is 7.36. The van der Waals surface area contributed by atoms with E-state index < -0.39 is 0 Å². The molecule has 0 bridgehead atoms. The third-order valence-electron chi connectivity index (χ3n) is 5.29. The summed E-state index contributed by atoms with van der Waals surface area (Å²) >= 11 is 0. The first-order valence-electron chi connectivity index (χ1n) is 9.07. The van der Waals surface area contributed by atoms with Crippen molar-refractivity contribution < 1.29 is 14.4 Å². The summed E-state index contributed by atoms with van der Waals surface area (Å²) < 4.78 is 12.2. The van der Waals surface area contributed by atoms with Gasteiger partial charge in [-0.1, -0.05) is 26.0 Å². The van der Waals surface area contributed by atoms with Crippen LogP contribution in [0.3, 0.4) is 0 Å². The highest BCUT2D eigenvalue weighted by Gasteiger charge is 2.43. The molecule has 1 aromatic carbocycles. The van der Waals surface area contributed by atoms with Gasteiger partial charge in [0.2, 0.25) is 0 Å². The summed E-state index contributed by atoms with van der Waals surface area (Å²) in [6.07, 6.45) is 3.84. The van der Waals surface area contributed by atoms with Crippen molar-refractivity contribution in [1.82, 2.24) is 5.32 Å². The molecule has 6 heteroatoms. The molecule has 25 heavy (non-hydrogen) atoms. The average molecular weight is 348 g/mol. The molecule has 1 spiro atoms. The lowest BCUT2D eigenvalue weighted by Crippen LogP contribution is -2.51. The molecule has 1 aromatic rings. The van der Waals surface area contributed by atoms with E-state index in [1.807, 2.05) is 12.1 Å². The Kier molecular flexibility index (Phi) is 5.14. The quantitative estimate of drug-likeness (QED) is 0.658. The highest BCUT2D eigenvalue weighted by molar-refractivity contribution is 5.34. The van der Waals surface area contributed by atoms with Crippen molar-refractivity contribution in [2.24, 2.45) is 5.41 Å². The summed E-state index contributed by atoms with van der Waals surface area (Å²) in [4.78, 5) is 10.4. The highest BCUT2D eigenvalue weighted by atomic mass is 16.7. The Morgan fingerprint density at radius 3 is 2.24 bits per heavy atom. The molecule has 1 N–H and O–H groups in total. The number of non-ortho nitro benzene ring substituents is 1. The van der Waals surface area contributed by atoms with E-state index in [0.29, 0.717) is 6.04 Å². The molecule has 1 atom stereocenters. The molecule has 0 amide bonds. The predicted octanol–water partition coefficient (Wildman–Crippen LogP) is 3.96. The molecular weight excluding hydrogens is 320 g/mol. The van der Waals surface area contributed by atoms with E-state index in [4.69, 9.17) is 9.47 Å². The van der Waals surface area contributed by atoms with Gasteiger partial charge in [-0.25, -0.2) is 0 Å². The Hall–Kier alpha value is -1.50. The maximum Gasteiger partial charge on any atom is 0.269 e. The number of ether oxygens (including phenoxy) is 2. The maximum atomic E-state index is 10.8. The number of nitro groups is 1. The van der Waals surface area contributed by atoms with Crippen molar-refractivity contribution in [2.75, 3.05) is 13.2 Å². The second kappa shape index (κ2) is 7.02. The zero-order valence-corrected chi connectivity index (χ0v) is 15.3. The highest BCUT2D eigenvalue weighted by Crippen LogP contribution is 2.39. The molecule has 1 aliphatic heterocycles. The minimum atomic E-state index is -0.385. The number of hydrogen-bond donors (Lipinski definition) is 1. The van der Waals surface area contributed by atoms with E-state index >= 15 is 0 Å². The molecule has 0 unspecified atom stereocenters. The Morgan fingerprint density at radius 1 is 1.16 bits per heavy atom. The average Bonchev–Trinajstić information content (AvgIpc) is 2.60. The maximum absolute atomic E-state index is 10.8. The van der Waals surface area contributed by atoms with E-state index in [0.717, 1.165) is 44.5 Å². The molecule has 0 aromatic heterocycles. The van der Waals surface area contributed by atoms with Crippen LogP contribution in [0.5, 0.6) is 0 Å². The molecule has 138 valence electrons. The first-order chi connectivity index (χ1) is 11.8. The lowest BCUT2D eigenvalue weighted by atomic mass is 9.86. The summed E-state index contributed by atoms with van der Waals surface area (Å²) in [5.41, 5.74) is 1.30. The van der Waals surface area contributed by atoms with Crippen LogP contribution >= 0.6 is 0 Å². The van der Waals surface area contributed by atoms with Crippen molar-refractivity contribution in [3.63, 3.8) is 0 Å². The van der Waals surface area contributed by atoms with E-state index in [1.165, 1.54) is 0 Å². The van der Waals surface area contributed by atoms with Crippen LogP contribution < -0.4 is 5.32 Å². The molecular formula is C19H28N2O4. The van der Waals surface area contributed by atoms with E-state index in [2.05, 4.69) is 26.1 Å². The minimum absolute atomic E-state index is 0.102.